The van der Waals surface area contributed by atoms with Crippen LogP contribution in [0.4, 0.5) is 11.9 Å². The van der Waals surface area contributed by atoms with Gasteiger partial charge in [0.25, 0.3) is 0 Å². The van der Waals surface area contributed by atoms with Crippen LogP contribution in [-0.4, -0.2) is 26.3 Å². The maximum absolute atomic E-state index is 5.60. The second-order valence-electron chi connectivity index (χ2n) is 3.76. The van der Waals surface area contributed by atoms with E-state index in [1.54, 1.807) is 6.20 Å². The molecule has 3 rings (SSSR count). The molecule has 3 heterocycles. The zero-order valence-electron chi connectivity index (χ0n) is 8.67. The molecule has 0 amide bonds. The Labute approximate surface area is 92.5 Å². The van der Waals surface area contributed by atoms with Crippen LogP contribution in [-0.2, 0) is 0 Å². The van der Waals surface area contributed by atoms with Crippen LogP contribution in [0.5, 0.6) is 0 Å². The minimum absolute atomic E-state index is 0.176. The van der Waals surface area contributed by atoms with Gasteiger partial charge in [0, 0.05) is 18.9 Å². The van der Waals surface area contributed by atoms with Crippen molar-refractivity contribution in [3.8, 4) is 0 Å². The summed E-state index contributed by atoms with van der Waals surface area (Å²) in [4.78, 5) is 8.25. The third-order valence-corrected chi connectivity index (χ3v) is 2.71. The molecule has 0 saturated heterocycles. The Balaban J connectivity index is 2.05. The molecule has 3 N–H and O–H groups in total. The minimum atomic E-state index is 0.176. The second kappa shape index (κ2) is 3.48. The molecule has 1 atom stereocenters. The van der Waals surface area contributed by atoms with Crippen LogP contribution < -0.4 is 11.1 Å². The standard InChI is InChI=1S/C10H12N6/c11-9-14-10-13-5-3-8(16(10)15-9)7-2-1-4-12-6-7/h1-2,4,6,8H,3,5H2,(H3,11,13,14,15). The summed E-state index contributed by atoms with van der Waals surface area (Å²) in [5.41, 5.74) is 6.73. The molecule has 1 unspecified atom stereocenters. The monoisotopic (exact) mass is 216 g/mol. The molecule has 2 aromatic heterocycles. The minimum Gasteiger partial charge on any atom is -0.366 e. The predicted molar refractivity (Wildman–Crippen MR) is 59.9 cm³/mol. The highest BCUT2D eigenvalue weighted by molar-refractivity contribution is 5.36. The van der Waals surface area contributed by atoms with Gasteiger partial charge >= 0.3 is 0 Å². The van der Waals surface area contributed by atoms with Crippen molar-refractivity contribution in [1.82, 2.24) is 19.7 Å². The zero-order chi connectivity index (χ0) is 11.0. The van der Waals surface area contributed by atoms with Crippen LogP contribution in [0.15, 0.2) is 24.5 Å². The first-order valence-electron chi connectivity index (χ1n) is 5.20. The van der Waals surface area contributed by atoms with E-state index in [9.17, 15) is 0 Å². The molecular weight excluding hydrogens is 204 g/mol. The highest BCUT2D eigenvalue weighted by Crippen LogP contribution is 2.27. The number of rotatable bonds is 1. The van der Waals surface area contributed by atoms with E-state index in [-0.39, 0.29) is 6.04 Å². The Morgan fingerprint density at radius 3 is 3.25 bits per heavy atom. The topological polar surface area (TPSA) is 81.7 Å². The lowest BCUT2D eigenvalue weighted by Gasteiger charge is -2.24. The number of nitrogens with zero attached hydrogens (tertiary/aromatic N) is 4. The lowest BCUT2D eigenvalue weighted by atomic mass is 10.1. The lowest BCUT2D eigenvalue weighted by molar-refractivity contribution is 0.480. The Morgan fingerprint density at radius 2 is 2.44 bits per heavy atom. The van der Waals surface area contributed by atoms with Gasteiger partial charge in [-0.2, -0.15) is 4.98 Å². The van der Waals surface area contributed by atoms with Crippen molar-refractivity contribution < 1.29 is 0 Å². The van der Waals surface area contributed by atoms with Gasteiger partial charge in [0.2, 0.25) is 11.9 Å². The van der Waals surface area contributed by atoms with Crippen LogP contribution in [0.2, 0.25) is 0 Å². The summed E-state index contributed by atoms with van der Waals surface area (Å²) in [6.45, 7) is 0.873. The van der Waals surface area contributed by atoms with E-state index >= 15 is 0 Å². The molecule has 0 aliphatic carbocycles. The molecule has 6 nitrogen and oxygen atoms in total. The van der Waals surface area contributed by atoms with Gasteiger partial charge in [0.05, 0.1) is 6.04 Å². The SMILES string of the molecule is Nc1nc2n(n1)C(c1cccnc1)CCN2. The molecule has 16 heavy (non-hydrogen) atoms. The van der Waals surface area contributed by atoms with E-state index in [1.165, 1.54) is 0 Å². The number of hydrogen-bond donors (Lipinski definition) is 2. The van der Waals surface area contributed by atoms with Gasteiger partial charge in [-0.25, -0.2) is 4.68 Å². The molecule has 0 fully saturated rings. The highest BCUT2D eigenvalue weighted by atomic mass is 15.4. The Hall–Kier alpha value is -2.11. The van der Waals surface area contributed by atoms with E-state index in [0.29, 0.717) is 5.95 Å². The number of pyridine rings is 1. The predicted octanol–water partition coefficient (Wildman–Crippen LogP) is 0.660. The first-order valence-corrected chi connectivity index (χ1v) is 5.20. The van der Waals surface area contributed by atoms with E-state index in [2.05, 4.69) is 20.4 Å². The van der Waals surface area contributed by atoms with Gasteiger partial charge in [-0.15, -0.1) is 5.10 Å². The van der Waals surface area contributed by atoms with Crippen LogP contribution in [0, 0.1) is 0 Å². The van der Waals surface area contributed by atoms with Crippen molar-refractivity contribution in [1.29, 1.82) is 0 Å². The van der Waals surface area contributed by atoms with Crippen LogP contribution in [0.1, 0.15) is 18.0 Å². The van der Waals surface area contributed by atoms with E-state index in [0.717, 1.165) is 24.5 Å². The number of anilines is 2. The lowest BCUT2D eigenvalue weighted by Crippen LogP contribution is -2.24. The van der Waals surface area contributed by atoms with Crippen molar-refractivity contribution in [2.75, 3.05) is 17.6 Å². The summed E-state index contributed by atoms with van der Waals surface area (Å²) in [5, 5.41) is 7.37. The third kappa shape index (κ3) is 1.39. The van der Waals surface area contributed by atoms with E-state index in [4.69, 9.17) is 5.73 Å². The molecule has 0 aromatic carbocycles. The fourth-order valence-electron chi connectivity index (χ4n) is 2.00. The summed E-state index contributed by atoms with van der Waals surface area (Å²) in [5.74, 6) is 1.04. The largest absolute Gasteiger partial charge is 0.366 e. The van der Waals surface area contributed by atoms with Crippen LogP contribution in [0.25, 0.3) is 0 Å². The summed E-state index contributed by atoms with van der Waals surface area (Å²) in [7, 11) is 0. The van der Waals surface area contributed by atoms with Crippen LogP contribution >= 0.6 is 0 Å². The van der Waals surface area contributed by atoms with Crippen molar-refractivity contribution in [2.45, 2.75) is 12.5 Å². The number of aromatic nitrogens is 4. The molecule has 6 heteroatoms. The Morgan fingerprint density at radius 1 is 1.50 bits per heavy atom. The van der Waals surface area contributed by atoms with Gasteiger partial charge in [0.15, 0.2) is 0 Å². The number of hydrogen-bond acceptors (Lipinski definition) is 5. The smallest absolute Gasteiger partial charge is 0.241 e. The highest BCUT2D eigenvalue weighted by Gasteiger charge is 2.23. The first kappa shape index (κ1) is 9.14. The average molecular weight is 216 g/mol. The number of nitrogens with two attached hydrogens (primary N) is 1. The van der Waals surface area contributed by atoms with Crippen molar-refractivity contribution >= 4 is 11.9 Å². The second-order valence-corrected chi connectivity index (χ2v) is 3.76. The number of nitrogens with one attached hydrogen (secondary N) is 1. The number of fused-ring (bicyclic) bond motifs is 1. The van der Waals surface area contributed by atoms with Crippen LogP contribution in [0.3, 0.4) is 0 Å². The summed E-state index contributed by atoms with van der Waals surface area (Å²) >= 11 is 0. The first-order chi connectivity index (χ1) is 7.84. The molecule has 1 aliphatic heterocycles. The summed E-state index contributed by atoms with van der Waals surface area (Å²) < 4.78 is 1.83. The number of nitrogen functional groups attached to an aromatic ring is 1. The Kier molecular flexibility index (Phi) is 1.99. The normalized spacial score (nSPS) is 18.9. The molecule has 0 radical (unpaired) electrons. The fraction of sp³-hybridized carbons (Fsp3) is 0.300. The van der Waals surface area contributed by atoms with Crippen molar-refractivity contribution in [3.05, 3.63) is 30.1 Å². The molecule has 0 bridgehead atoms. The maximum atomic E-state index is 5.60. The van der Waals surface area contributed by atoms with Gasteiger partial charge in [-0.3, -0.25) is 4.98 Å². The van der Waals surface area contributed by atoms with Crippen molar-refractivity contribution in [3.63, 3.8) is 0 Å². The summed E-state index contributed by atoms with van der Waals surface area (Å²) in [6.07, 6.45) is 4.58. The van der Waals surface area contributed by atoms with Gasteiger partial charge in [-0.1, -0.05) is 6.07 Å². The van der Waals surface area contributed by atoms with Gasteiger partial charge < -0.3 is 11.1 Å². The van der Waals surface area contributed by atoms with Gasteiger partial charge in [0.1, 0.15) is 0 Å². The fourth-order valence-corrected chi connectivity index (χ4v) is 2.00. The maximum Gasteiger partial charge on any atom is 0.241 e. The molecular formula is C10H12N6. The third-order valence-electron chi connectivity index (χ3n) is 2.71. The molecule has 0 spiro atoms. The molecule has 82 valence electrons. The van der Waals surface area contributed by atoms with E-state index < -0.39 is 0 Å². The molecule has 2 aromatic rings. The molecule has 1 aliphatic rings. The van der Waals surface area contributed by atoms with E-state index in [1.807, 2.05) is 23.0 Å². The quantitative estimate of drug-likeness (QED) is 0.731. The Bertz CT molecular complexity index is 491. The molecule has 0 saturated carbocycles. The van der Waals surface area contributed by atoms with Crippen molar-refractivity contribution in [2.24, 2.45) is 0 Å². The average Bonchev–Trinajstić information content (AvgIpc) is 2.70. The zero-order valence-corrected chi connectivity index (χ0v) is 8.67. The van der Waals surface area contributed by atoms with Gasteiger partial charge in [-0.05, 0) is 18.1 Å². The summed E-state index contributed by atoms with van der Waals surface area (Å²) in [6, 6.07) is 4.15.